The Morgan fingerprint density at radius 3 is 2.03 bits per heavy atom. The van der Waals surface area contributed by atoms with Crippen LogP contribution in [0.15, 0.2) is 78.9 Å². The number of hydrogen-bond acceptors (Lipinski definition) is 6. The molecule has 6 heteroatoms. The molecule has 0 spiro atoms. The second-order valence-electron chi connectivity index (χ2n) is 7.16. The quantitative estimate of drug-likeness (QED) is 0.277. The number of carbonyl (C=O) groups is 3. The van der Waals surface area contributed by atoms with Crippen LogP contribution in [0.1, 0.15) is 40.7 Å². The maximum absolute atomic E-state index is 13.2. The molecule has 0 aliphatic carbocycles. The molecule has 0 aromatic heterocycles. The molecule has 1 unspecified atom stereocenters. The molecular weight excluding hydrogens is 408 g/mol. The van der Waals surface area contributed by atoms with Crippen molar-refractivity contribution in [2.75, 3.05) is 7.11 Å². The predicted molar refractivity (Wildman–Crippen MR) is 119 cm³/mol. The first-order chi connectivity index (χ1) is 15.5. The highest BCUT2D eigenvalue weighted by molar-refractivity contribution is 6.03. The number of ketones is 1. The number of Topliss-reactive ketones (excluding diaryl/α,β-unsaturated/α-hetero) is 1. The molecule has 6 nitrogen and oxygen atoms in total. The first-order valence-electron chi connectivity index (χ1n) is 10.1. The minimum Gasteiger partial charge on any atom is -0.497 e. The summed E-state index contributed by atoms with van der Waals surface area (Å²) in [4.78, 5) is 36.5. The molecule has 164 valence electrons. The van der Waals surface area contributed by atoms with Gasteiger partial charge in [0.15, 0.2) is 5.78 Å². The van der Waals surface area contributed by atoms with E-state index in [2.05, 4.69) is 4.74 Å². The zero-order chi connectivity index (χ0) is 22.9. The van der Waals surface area contributed by atoms with Crippen molar-refractivity contribution < 1.29 is 28.6 Å². The van der Waals surface area contributed by atoms with Gasteiger partial charge in [0.1, 0.15) is 18.1 Å². The molecule has 0 aliphatic rings. The molecule has 0 aliphatic heterocycles. The van der Waals surface area contributed by atoms with Crippen molar-refractivity contribution in [3.63, 3.8) is 0 Å². The monoisotopic (exact) mass is 432 g/mol. The molecule has 0 saturated carbocycles. The zero-order valence-electron chi connectivity index (χ0n) is 17.9. The fraction of sp³-hybridized carbons (Fsp3) is 0.192. The van der Waals surface area contributed by atoms with Crippen molar-refractivity contribution in [3.8, 4) is 11.5 Å². The van der Waals surface area contributed by atoms with E-state index >= 15 is 0 Å². The van der Waals surface area contributed by atoms with E-state index in [1.165, 1.54) is 0 Å². The topological polar surface area (TPSA) is 78.9 Å². The highest BCUT2D eigenvalue weighted by atomic mass is 16.6. The maximum atomic E-state index is 13.2. The van der Waals surface area contributed by atoms with E-state index in [9.17, 15) is 14.4 Å². The second kappa shape index (κ2) is 10.9. The molecule has 0 bridgehead atoms. The van der Waals surface area contributed by atoms with Crippen LogP contribution in [0.2, 0.25) is 0 Å². The molecule has 3 rings (SSSR count). The SMILES string of the molecule is COc1ccc(C(=O)C(CC(=O)OC(C)=O)c2ccc(OCc3ccccc3)cc2)cc1. The van der Waals surface area contributed by atoms with Gasteiger partial charge in [0.25, 0.3) is 0 Å². The van der Waals surface area contributed by atoms with Crippen LogP contribution in [0.3, 0.4) is 0 Å². The summed E-state index contributed by atoms with van der Waals surface area (Å²) in [6.07, 6.45) is -0.255. The number of carbonyl (C=O) groups excluding carboxylic acids is 3. The summed E-state index contributed by atoms with van der Waals surface area (Å²) in [7, 11) is 1.54. The average molecular weight is 432 g/mol. The number of rotatable bonds is 9. The summed E-state index contributed by atoms with van der Waals surface area (Å²) in [5.41, 5.74) is 2.09. The standard InChI is InChI=1S/C26H24O6/c1-18(27)32-25(28)16-24(26(29)21-10-12-22(30-2)13-11-21)20-8-14-23(15-9-20)31-17-19-6-4-3-5-7-19/h3-15,24H,16-17H2,1-2H3. The van der Waals surface area contributed by atoms with Crippen LogP contribution in [0, 0.1) is 0 Å². The van der Waals surface area contributed by atoms with Gasteiger partial charge in [0.2, 0.25) is 0 Å². The fourth-order valence-corrected chi connectivity index (χ4v) is 3.22. The average Bonchev–Trinajstić information content (AvgIpc) is 2.81. The van der Waals surface area contributed by atoms with Crippen LogP contribution >= 0.6 is 0 Å². The van der Waals surface area contributed by atoms with Crippen molar-refractivity contribution in [2.24, 2.45) is 0 Å². The third kappa shape index (κ3) is 6.28. The summed E-state index contributed by atoms with van der Waals surface area (Å²) in [5.74, 6) is -1.28. The van der Waals surface area contributed by atoms with Crippen molar-refractivity contribution in [3.05, 3.63) is 95.6 Å². The molecule has 1 atom stereocenters. The Bertz CT molecular complexity index is 1060. The third-order valence-corrected chi connectivity index (χ3v) is 4.85. The first kappa shape index (κ1) is 22.7. The number of esters is 2. The van der Waals surface area contributed by atoms with Gasteiger partial charge in [0.05, 0.1) is 19.4 Å². The van der Waals surface area contributed by atoms with Crippen molar-refractivity contribution >= 4 is 17.7 Å². The van der Waals surface area contributed by atoms with Gasteiger partial charge in [-0.2, -0.15) is 0 Å². The van der Waals surface area contributed by atoms with E-state index in [4.69, 9.17) is 9.47 Å². The Morgan fingerprint density at radius 1 is 0.812 bits per heavy atom. The Balaban J connectivity index is 1.79. The van der Waals surface area contributed by atoms with E-state index in [0.29, 0.717) is 29.2 Å². The van der Waals surface area contributed by atoms with Gasteiger partial charge < -0.3 is 14.2 Å². The van der Waals surface area contributed by atoms with Crippen LogP contribution in [-0.2, 0) is 20.9 Å². The third-order valence-electron chi connectivity index (χ3n) is 4.85. The fourth-order valence-electron chi connectivity index (χ4n) is 3.22. The molecule has 3 aromatic carbocycles. The van der Waals surface area contributed by atoms with E-state index in [1.54, 1.807) is 55.6 Å². The van der Waals surface area contributed by atoms with E-state index in [1.807, 2.05) is 30.3 Å². The number of hydrogen-bond donors (Lipinski definition) is 0. The summed E-state index contributed by atoms with van der Waals surface area (Å²) < 4.78 is 15.6. The van der Waals surface area contributed by atoms with Crippen LogP contribution in [-0.4, -0.2) is 24.8 Å². The lowest BCUT2D eigenvalue weighted by Crippen LogP contribution is -2.20. The molecule has 0 amide bonds. The summed E-state index contributed by atoms with van der Waals surface area (Å²) >= 11 is 0. The lowest BCUT2D eigenvalue weighted by Gasteiger charge is -2.16. The minimum atomic E-state index is -0.807. The van der Waals surface area contributed by atoms with Gasteiger partial charge >= 0.3 is 11.9 Å². The van der Waals surface area contributed by atoms with Gasteiger partial charge in [0, 0.05) is 12.5 Å². The van der Waals surface area contributed by atoms with Gasteiger partial charge in [-0.15, -0.1) is 0 Å². The lowest BCUT2D eigenvalue weighted by atomic mass is 9.88. The van der Waals surface area contributed by atoms with Gasteiger partial charge in [-0.3, -0.25) is 14.4 Å². The predicted octanol–water partition coefficient (Wildman–Crippen LogP) is 4.72. The summed E-state index contributed by atoms with van der Waals surface area (Å²) in [5, 5.41) is 0. The van der Waals surface area contributed by atoms with E-state index < -0.39 is 17.9 Å². The lowest BCUT2D eigenvalue weighted by molar-refractivity contribution is -0.158. The largest absolute Gasteiger partial charge is 0.497 e. The molecule has 32 heavy (non-hydrogen) atoms. The summed E-state index contributed by atoms with van der Waals surface area (Å²) in [6, 6.07) is 23.4. The van der Waals surface area contributed by atoms with Crippen molar-refractivity contribution in [1.29, 1.82) is 0 Å². The Hall–Kier alpha value is -3.93. The van der Waals surface area contributed by atoms with Crippen LogP contribution in [0.25, 0.3) is 0 Å². The molecular formula is C26H24O6. The van der Waals surface area contributed by atoms with Crippen LogP contribution < -0.4 is 9.47 Å². The molecule has 0 radical (unpaired) electrons. The highest BCUT2D eigenvalue weighted by Crippen LogP contribution is 2.28. The van der Waals surface area contributed by atoms with Crippen molar-refractivity contribution in [1.82, 2.24) is 0 Å². The van der Waals surface area contributed by atoms with E-state index in [-0.39, 0.29) is 12.2 Å². The van der Waals surface area contributed by atoms with Gasteiger partial charge in [-0.1, -0.05) is 42.5 Å². The normalized spacial score (nSPS) is 11.3. The zero-order valence-corrected chi connectivity index (χ0v) is 17.9. The molecule has 0 N–H and O–H groups in total. The van der Waals surface area contributed by atoms with Gasteiger partial charge in [-0.25, -0.2) is 0 Å². The number of methoxy groups -OCH3 is 1. The molecule has 0 fully saturated rings. The van der Waals surface area contributed by atoms with Crippen LogP contribution in [0.5, 0.6) is 11.5 Å². The van der Waals surface area contributed by atoms with Crippen LogP contribution in [0.4, 0.5) is 0 Å². The van der Waals surface area contributed by atoms with Crippen molar-refractivity contribution in [2.45, 2.75) is 25.9 Å². The summed E-state index contributed by atoms with van der Waals surface area (Å²) in [6.45, 7) is 1.57. The first-order valence-corrected chi connectivity index (χ1v) is 10.1. The molecule has 0 saturated heterocycles. The minimum absolute atomic E-state index is 0.255. The van der Waals surface area contributed by atoms with Gasteiger partial charge in [-0.05, 0) is 47.5 Å². The van der Waals surface area contributed by atoms with E-state index in [0.717, 1.165) is 12.5 Å². The number of ether oxygens (including phenoxy) is 3. The Labute approximate surface area is 186 Å². The number of benzene rings is 3. The second-order valence-corrected chi connectivity index (χ2v) is 7.16. The highest BCUT2D eigenvalue weighted by Gasteiger charge is 2.26. The smallest absolute Gasteiger partial charge is 0.314 e. The molecule has 0 heterocycles. The Morgan fingerprint density at radius 2 is 1.44 bits per heavy atom. The maximum Gasteiger partial charge on any atom is 0.314 e. The molecule has 3 aromatic rings. The Kier molecular flexibility index (Phi) is 7.75.